The molecule has 3 aromatic heterocycles. The maximum Gasteiger partial charge on any atom is 0.290 e. The molecule has 34 heavy (non-hydrogen) atoms. The van der Waals surface area contributed by atoms with Gasteiger partial charge in [-0.15, -0.1) is 15.3 Å². The minimum atomic E-state index is -0.781. The molecule has 9 nitrogen and oxygen atoms in total. The lowest BCUT2D eigenvalue weighted by atomic mass is 9.92. The molecule has 10 heteroatoms. The van der Waals surface area contributed by atoms with Crippen molar-refractivity contribution in [3.63, 3.8) is 0 Å². The van der Waals surface area contributed by atoms with Gasteiger partial charge in [0.15, 0.2) is 5.52 Å². The van der Waals surface area contributed by atoms with Crippen molar-refractivity contribution >= 4 is 11.0 Å². The fourth-order valence-electron chi connectivity index (χ4n) is 4.04. The summed E-state index contributed by atoms with van der Waals surface area (Å²) in [5.74, 6) is 0.384. The molecule has 0 saturated heterocycles. The molecule has 0 bridgehead atoms. The molecule has 5 aromatic rings. The van der Waals surface area contributed by atoms with Crippen molar-refractivity contribution in [1.82, 2.24) is 40.4 Å². The summed E-state index contributed by atoms with van der Waals surface area (Å²) in [6.07, 6.45) is 0.580. The second-order valence-electron chi connectivity index (χ2n) is 9.37. The van der Waals surface area contributed by atoms with Crippen molar-refractivity contribution in [2.24, 2.45) is 5.41 Å². The summed E-state index contributed by atoms with van der Waals surface area (Å²) >= 11 is 0. The Balaban J connectivity index is 1.53. The number of tetrazole rings is 1. The number of rotatable bonds is 5. The van der Waals surface area contributed by atoms with E-state index in [2.05, 4.69) is 56.6 Å². The minimum absolute atomic E-state index is 0.00587. The van der Waals surface area contributed by atoms with Gasteiger partial charge in [0.25, 0.3) is 11.5 Å². The predicted molar refractivity (Wildman–Crippen MR) is 125 cm³/mol. The Kier molecular flexibility index (Phi) is 5.27. The molecule has 2 aromatic carbocycles. The largest absolute Gasteiger partial charge is 0.319 e. The average Bonchev–Trinajstić information content (AvgIpc) is 3.46. The van der Waals surface area contributed by atoms with Gasteiger partial charge in [-0.05, 0) is 27.3 Å². The van der Waals surface area contributed by atoms with E-state index in [9.17, 15) is 9.18 Å². The van der Waals surface area contributed by atoms with E-state index in [0.29, 0.717) is 24.6 Å². The highest BCUT2D eigenvalue weighted by atomic mass is 19.1. The number of halogens is 1. The number of nitrogens with zero attached hydrogens (tertiary/aromatic N) is 6. The molecule has 0 amide bonds. The van der Waals surface area contributed by atoms with Gasteiger partial charge in [0.2, 0.25) is 5.82 Å². The standard InChI is InChI=1S/C24H23FN8O/c1-24(2,3)12-18-26-19-20(23(34)30-27-21(19)25)33(18)13-14-8-10-15(11-9-14)16-6-4-5-7-17(16)22-28-31-32-29-22/h4-11H,12-13H2,1-3H3,(H,30,34)(H,28,29,31,32). The lowest BCUT2D eigenvalue weighted by Gasteiger charge is -2.19. The molecule has 0 unspecified atom stereocenters. The quantitative estimate of drug-likeness (QED) is 0.414. The van der Waals surface area contributed by atoms with Crippen LogP contribution in [0, 0.1) is 11.4 Å². The smallest absolute Gasteiger partial charge is 0.290 e. The normalized spacial score (nSPS) is 11.9. The van der Waals surface area contributed by atoms with E-state index in [1.807, 2.05) is 48.5 Å². The number of nitrogens with one attached hydrogen (secondary N) is 2. The molecule has 0 aliphatic carbocycles. The molecule has 3 heterocycles. The first kappa shape index (κ1) is 21.6. The third-order valence-electron chi connectivity index (χ3n) is 5.52. The molecule has 0 radical (unpaired) electrons. The summed E-state index contributed by atoms with van der Waals surface area (Å²) in [7, 11) is 0. The number of benzene rings is 2. The number of hydrogen-bond donors (Lipinski definition) is 2. The Morgan fingerprint density at radius 1 is 1.00 bits per heavy atom. The summed E-state index contributed by atoms with van der Waals surface area (Å²) < 4.78 is 16.1. The second-order valence-corrected chi connectivity index (χ2v) is 9.37. The molecule has 0 fully saturated rings. The Hall–Kier alpha value is -4.21. The van der Waals surface area contributed by atoms with Gasteiger partial charge in [-0.1, -0.05) is 69.3 Å². The van der Waals surface area contributed by atoms with Crippen molar-refractivity contribution in [2.45, 2.75) is 33.7 Å². The van der Waals surface area contributed by atoms with Crippen molar-refractivity contribution in [3.8, 4) is 22.5 Å². The van der Waals surface area contributed by atoms with E-state index in [-0.39, 0.29) is 16.4 Å². The van der Waals surface area contributed by atoms with Gasteiger partial charge in [-0.2, -0.15) is 9.60 Å². The molecule has 0 atom stereocenters. The van der Waals surface area contributed by atoms with Crippen LogP contribution in [0.5, 0.6) is 0 Å². The lowest BCUT2D eigenvalue weighted by molar-refractivity contribution is 0.394. The first-order valence-electron chi connectivity index (χ1n) is 10.9. The minimum Gasteiger partial charge on any atom is -0.319 e. The first-order chi connectivity index (χ1) is 16.3. The summed E-state index contributed by atoms with van der Waals surface area (Å²) in [5, 5.41) is 20.0. The van der Waals surface area contributed by atoms with Gasteiger partial charge in [0, 0.05) is 18.5 Å². The van der Waals surface area contributed by atoms with Gasteiger partial charge in [-0.25, -0.2) is 10.1 Å². The zero-order valence-electron chi connectivity index (χ0n) is 19.0. The number of H-pyrrole nitrogens is 2. The predicted octanol–water partition coefficient (Wildman–Crippen LogP) is 3.74. The highest BCUT2D eigenvalue weighted by molar-refractivity contribution is 5.80. The molecular weight excluding hydrogens is 435 g/mol. The maximum absolute atomic E-state index is 14.4. The second kappa shape index (κ2) is 8.29. The average molecular weight is 459 g/mol. The zero-order chi connectivity index (χ0) is 23.9. The van der Waals surface area contributed by atoms with E-state index in [0.717, 1.165) is 22.3 Å². The molecule has 172 valence electrons. The Morgan fingerprint density at radius 3 is 2.41 bits per heavy atom. The summed E-state index contributed by atoms with van der Waals surface area (Å²) in [6.45, 7) is 6.60. The molecule has 0 spiro atoms. The van der Waals surface area contributed by atoms with Crippen LogP contribution in [0.1, 0.15) is 32.2 Å². The zero-order valence-corrected chi connectivity index (χ0v) is 19.0. The highest BCUT2D eigenvalue weighted by Crippen LogP contribution is 2.30. The van der Waals surface area contributed by atoms with E-state index in [4.69, 9.17) is 0 Å². The van der Waals surface area contributed by atoms with Gasteiger partial charge >= 0.3 is 0 Å². The van der Waals surface area contributed by atoms with Crippen LogP contribution in [0.3, 0.4) is 0 Å². The fourth-order valence-corrected chi connectivity index (χ4v) is 4.04. The molecular formula is C24H23FN8O. The monoisotopic (exact) mass is 458 g/mol. The summed E-state index contributed by atoms with van der Waals surface area (Å²) in [5.41, 5.74) is 3.41. The van der Waals surface area contributed by atoms with Gasteiger partial charge in [0.1, 0.15) is 11.3 Å². The number of hydrogen-bond acceptors (Lipinski definition) is 6. The van der Waals surface area contributed by atoms with Crippen LogP contribution in [0.25, 0.3) is 33.5 Å². The van der Waals surface area contributed by atoms with Gasteiger partial charge < -0.3 is 4.57 Å². The van der Waals surface area contributed by atoms with Gasteiger partial charge in [-0.3, -0.25) is 4.79 Å². The molecule has 0 aliphatic heterocycles. The van der Waals surface area contributed by atoms with Crippen LogP contribution in [0.2, 0.25) is 0 Å². The Bertz CT molecular complexity index is 1510. The van der Waals surface area contributed by atoms with Crippen molar-refractivity contribution in [1.29, 1.82) is 0 Å². The number of aromatic amines is 2. The van der Waals surface area contributed by atoms with Crippen LogP contribution >= 0.6 is 0 Å². The molecule has 0 saturated carbocycles. The Morgan fingerprint density at radius 2 is 1.74 bits per heavy atom. The molecule has 0 aliphatic rings. The summed E-state index contributed by atoms with van der Waals surface area (Å²) in [6, 6.07) is 15.8. The van der Waals surface area contributed by atoms with Crippen molar-refractivity contribution in [3.05, 3.63) is 76.2 Å². The third kappa shape index (κ3) is 4.09. The maximum atomic E-state index is 14.4. The summed E-state index contributed by atoms with van der Waals surface area (Å²) in [4.78, 5) is 17.0. The van der Waals surface area contributed by atoms with Crippen molar-refractivity contribution < 1.29 is 4.39 Å². The Labute approximate surface area is 194 Å². The van der Waals surface area contributed by atoms with Crippen molar-refractivity contribution in [2.75, 3.05) is 0 Å². The topological polar surface area (TPSA) is 118 Å². The molecule has 2 N–H and O–H groups in total. The third-order valence-corrected chi connectivity index (χ3v) is 5.52. The van der Waals surface area contributed by atoms with E-state index in [1.54, 1.807) is 4.57 Å². The van der Waals surface area contributed by atoms with E-state index in [1.165, 1.54) is 0 Å². The SMILES string of the molecule is CC(C)(C)Cc1nc2c(F)n[nH]c(=O)c2n1Cc1ccc(-c2ccccc2-c2nn[nH]n2)cc1. The van der Waals surface area contributed by atoms with E-state index >= 15 is 0 Å². The number of fused-ring (bicyclic) bond motifs is 1. The number of aromatic nitrogens is 8. The van der Waals surface area contributed by atoms with Crippen LogP contribution in [-0.4, -0.2) is 40.4 Å². The molecule has 5 rings (SSSR count). The van der Waals surface area contributed by atoms with Crippen LogP contribution in [0.4, 0.5) is 4.39 Å². The van der Waals surface area contributed by atoms with Crippen LogP contribution in [0.15, 0.2) is 53.3 Å². The van der Waals surface area contributed by atoms with E-state index < -0.39 is 11.5 Å². The van der Waals surface area contributed by atoms with Crippen LogP contribution in [-0.2, 0) is 13.0 Å². The highest BCUT2D eigenvalue weighted by Gasteiger charge is 2.22. The lowest BCUT2D eigenvalue weighted by Crippen LogP contribution is -2.18. The first-order valence-corrected chi connectivity index (χ1v) is 10.9. The van der Waals surface area contributed by atoms with Crippen LogP contribution < -0.4 is 5.56 Å². The fraction of sp³-hybridized carbons (Fsp3) is 0.250. The van der Waals surface area contributed by atoms with Gasteiger partial charge in [0.05, 0.1) is 0 Å². The number of imidazole rings is 1.